The Kier molecular flexibility index (Phi) is 6.00. The monoisotopic (exact) mass is 346 g/mol. The van der Waals surface area contributed by atoms with E-state index in [1.54, 1.807) is 0 Å². The molecule has 1 fully saturated rings. The first-order chi connectivity index (χ1) is 11.3. The molecule has 1 aliphatic heterocycles. The molecular weight excluding hydrogens is 325 g/mol. The number of aromatic nitrogens is 1. The van der Waals surface area contributed by atoms with Gasteiger partial charge in [0.1, 0.15) is 11.9 Å². The maximum Gasteiger partial charge on any atom is 0.417 e. The van der Waals surface area contributed by atoms with Crippen LogP contribution in [0.25, 0.3) is 0 Å². The first kappa shape index (κ1) is 18.5. The second-order valence-electron chi connectivity index (χ2n) is 5.73. The van der Waals surface area contributed by atoms with E-state index in [2.05, 4.69) is 10.3 Å². The first-order valence-corrected chi connectivity index (χ1v) is 7.64. The van der Waals surface area contributed by atoms with Crippen LogP contribution in [0.3, 0.4) is 0 Å². The van der Waals surface area contributed by atoms with Crippen LogP contribution in [0.2, 0.25) is 0 Å². The zero-order chi connectivity index (χ0) is 17.7. The quantitative estimate of drug-likeness (QED) is 0.836. The van der Waals surface area contributed by atoms with E-state index in [-0.39, 0.29) is 18.6 Å². The van der Waals surface area contributed by atoms with E-state index in [1.165, 1.54) is 13.2 Å². The molecule has 6 nitrogen and oxygen atoms in total. The first-order valence-electron chi connectivity index (χ1n) is 7.64. The molecule has 1 aromatic rings. The van der Waals surface area contributed by atoms with Crippen molar-refractivity contribution in [3.8, 4) is 0 Å². The number of anilines is 1. The Hall–Kier alpha value is -1.87. The van der Waals surface area contributed by atoms with Gasteiger partial charge >= 0.3 is 6.18 Å². The van der Waals surface area contributed by atoms with Gasteiger partial charge in [-0.2, -0.15) is 13.2 Å². The number of methoxy groups -OCH3 is 1. The lowest BCUT2D eigenvalue weighted by molar-refractivity contribution is -0.137. The van der Waals surface area contributed by atoms with E-state index >= 15 is 0 Å². The molecule has 0 radical (unpaired) electrons. The van der Waals surface area contributed by atoms with Gasteiger partial charge in [0.15, 0.2) is 0 Å². The van der Waals surface area contributed by atoms with Crippen LogP contribution in [0.4, 0.5) is 19.0 Å². The average Bonchev–Trinajstić information content (AvgIpc) is 2.55. The van der Waals surface area contributed by atoms with E-state index in [4.69, 9.17) is 10.5 Å². The summed E-state index contributed by atoms with van der Waals surface area (Å²) in [7, 11) is 1.47. The number of nitrogens with zero attached hydrogens (tertiary/aromatic N) is 2. The summed E-state index contributed by atoms with van der Waals surface area (Å²) in [5.74, 6) is 0.242. The van der Waals surface area contributed by atoms with Crippen molar-refractivity contribution >= 4 is 11.7 Å². The summed E-state index contributed by atoms with van der Waals surface area (Å²) in [6, 6.07) is 1.69. The van der Waals surface area contributed by atoms with Crippen molar-refractivity contribution in [1.29, 1.82) is 0 Å². The Morgan fingerprint density at radius 2 is 2.12 bits per heavy atom. The second-order valence-corrected chi connectivity index (χ2v) is 5.73. The zero-order valence-electron chi connectivity index (χ0n) is 13.3. The highest BCUT2D eigenvalue weighted by Crippen LogP contribution is 2.29. The summed E-state index contributed by atoms with van der Waals surface area (Å²) in [5.41, 5.74) is 4.90. The molecule has 3 N–H and O–H groups in total. The summed E-state index contributed by atoms with van der Waals surface area (Å²) in [6.45, 7) is 1.35. The highest BCUT2D eigenvalue weighted by Gasteiger charge is 2.31. The Labute approximate surface area is 138 Å². The van der Waals surface area contributed by atoms with E-state index in [9.17, 15) is 18.0 Å². The predicted molar refractivity (Wildman–Crippen MR) is 82.5 cm³/mol. The molecule has 2 heterocycles. The molecule has 0 spiro atoms. The van der Waals surface area contributed by atoms with E-state index in [0.29, 0.717) is 31.7 Å². The fourth-order valence-corrected chi connectivity index (χ4v) is 2.56. The van der Waals surface area contributed by atoms with Crippen molar-refractivity contribution < 1.29 is 22.7 Å². The lowest BCUT2D eigenvalue weighted by Crippen LogP contribution is -2.51. The molecule has 0 aliphatic carbocycles. The lowest BCUT2D eigenvalue weighted by Gasteiger charge is -2.33. The van der Waals surface area contributed by atoms with Crippen LogP contribution in [0, 0.1) is 0 Å². The molecule has 0 saturated carbocycles. The van der Waals surface area contributed by atoms with Crippen molar-refractivity contribution in [2.75, 3.05) is 31.7 Å². The van der Waals surface area contributed by atoms with Crippen LogP contribution in [0.15, 0.2) is 18.3 Å². The Balaban J connectivity index is 1.85. The van der Waals surface area contributed by atoms with E-state index in [0.717, 1.165) is 12.3 Å². The van der Waals surface area contributed by atoms with Gasteiger partial charge in [0, 0.05) is 32.4 Å². The zero-order valence-corrected chi connectivity index (χ0v) is 13.3. The smallest absolute Gasteiger partial charge is 0.383 e. The van der Waals surface area contributed by atoms with Crippen molar-refractivity contribution in [3.63, 3.8) is 0 Å². The number of carbonyl (C=O) groups is 1. The molecule has 9 heteroatoms. The van der Waals surface area contributed by atoms with E-state index < -0.39 is 17.8 Å². The highest BCUT2D eigenvalue weighted by atomic mass is 19.4. The fraction of sp³-hybridized carbons (Fsp3) is 0.600. The number of piperidine rings is 1. The number of rotatable bonds is 5. The number of nitrogens with one attached hydrogen (secondary N) is 1. The minimum absolute atomic E-state index is 0.00824. The minimum atomic E-state index is -4.39. The maximum absolute atomic E-state index is 12.5. The Bertz CT molecular complexity index is 543. The Morgan fingerprint density at radius 3 is 2.62 bits per heavy atom. The van der Waals surface area contributed by atoms with Crippen LogP contribution in [0.1, 0.15) is 18.4 Å². The molecule has 24 heavy (non-hydrogen) atoms. The van der Waals surface area contributed by atoms with Gasteiger partial charge in [0.25, 0.3) is 0 Å². The Morgan fingerprint density at radius 1 is 1.46 bits per heavy atom. The number of hydrogen-bond acceptors (Lipinski definition) is 5. The van der Waals surface area contributed by atoms with Crippen molar-refractivity contribution in [1.82, 2.24) is 10.3 Å². The lowest BCUT2D eigenvalue weighted by atomic mass is 10.0. The van der Waals surface area contributed by atoms with Crippen LogP contribution in [-0.2, 0) is 15.7 Å². The van der Waals surface area contributed by atoms with Gasteiger partial charge in [0.05, 0.1) is 12.2 Å². The number of carbonyl (C=O) groups excluding carboxylic acids is 1. The minimum Gasteiger partial charge on any atom is -0.383 e. The van der Waals surface area contributed by atoms with Gasteiger partial charge in [0.2, 0.25) is 5.91 Å². The predicted octanol–water partition coefficient (Wildman–Crippen LogP) is 1.16. The number of ether oxygens (including phenoxy) is 1. The third-order valence-corrected chi connectivity index (χ3v) is 3.92. The molecule has 134 valence electrons. The van der Waals surface area contributed by atoms with Gasteiger partial charge < -0.3 is 20.7 Å². The normalized spacial score (nSPS) is 17.6. The summed E-state index contributed by atoms with van der Waals surface area (Å²) in [6.07, 6.45) is -2.20. The molecule has 1 saturated heterocycles. The van der Waals surface area contributed by atoms with Crippen molar-refractivity contribution in [3.05, 3.63) is 23.9 Å². The molecule has 1 unspecified atom stereocenters. The maximum atomic E-state index is 12.5. The van der Waals surface area contributed by atoms with Crippen LogP contribution in [0.5, 0.6) is 0 Å². The molecule has 1 aromatic heterocycles. The second kappa shape index (κ2) is 7.80. The van der Waals surface area contributed by atoms with Crippen LogP contribution in [-0.4, -0.2) is 49.8 Å². The SMILES string of the molecule is COCC(N)C(=O)NC1CCN(c2ccc(C(F)(F)F)cn2)CC1. The van der Waals surface area contributed by atoms with Crippen LogP contribution >= 0.6 is 0 Å². The molecule has 2 rings (SSSR count). The summed E-state index contributed by atoms with van der Waals surface area (Å²) in [4.78, 5) is 17.6. The third kappa shape index (κ3) is 4.81. The molecule has 1 amide bonds. The van der Waals surface area contributed by atoms with E-state index in [1.807, 2.05) is 4.90 Å². The van der Waals surface area contributed by atoms with Gasteiger partial charge in [-0.3, -0.25) is 4.79 Å². The number of pyridine rings is 1. The molecule has 1 atom stereocenters. The summed E-state index contributed by atoms with van der Waals surface area (Å²) < 4.78 is 42.5. The summed E-state index contributed by atoms with van der Waals surface area (Å²) >= 11 is 0. The largest absolute Gasteiger partial charge is 0.417 e. The highest BCUT2D eigenvalue weighted by molar-refractivity contribution is 5.81. The fourth-order valence-electron chi connectivity index (χ4n) is 2.56. The number of hydrogen-bond donors (Lipinski definition) is 2. The number of alkyl halides is 3. The number of amides is 1. The standard InChI is InChI=1S/C15H21F3N4O2/c1-24-9-12(19)14(23)21-11-4-6-22(7-5-11)13-3-2-10(8-20-13)15(16,17)18/h2-3,8,11-12H,4-7,9,19H2,1H3,(H,21,23). The van der Waals surface area contributed by atoms with Crippen molar-refractivity contribution in [2.45, 2.75) is 31.1 Å². The topological polar surface area (TPSA) is 80.5 Å². The average molecular weight is 346 g/mol. The third-order valence-electron chi connectivity index (χ3n) is 3.92. The number of nitrogens with two attached hydrogens (primary N) is 1. The molecular formula is C15H21F3N4O2. The van der Waals surface area contributed by atoms with Gasteiger partial charge in [-0.25, -0.2) is 4.98 Å². The van der Waals surface area contributed by atoms with Gasteiger partial charge in [-0.1, -0.05) is 0 Å². The van der Waals surface area contributed by atoms with Gasteiger partial charge in [-0.05, 0) is 25.0 Å². The molecule has 0 aromatic carbocycles. The number of halogens is 3. The molecule has 1 aliphatic rings. The molecule has 0 bridgehead atoms. The van der Waals surface area contributed by atoms with Gasteiger partial charge in [-0.15, -0.1) is 0 Å². The van der Waals surface area contributed by atoms with Crippen molar-refractivity contribution in [2.24, 2.45) is 5.73 Å². The summed E-state index contributed by atoms with van der Waals surface area (Å²) in [5, 5.41) is 2.86. The van der Waals surface area contributed by atoms with Crippen LogP contribution < -0.4 is 16.0 Å².